The van der Waals surface area contributed by atoms with Crippen LogP contribution in [0, 0.1) is 11.8 Å². The summed E-state index contributed by atoms with van der Waals surface area (Å²) in [5.41, 5.74) is 1.13. The van der Waals surface area contributed by atoms with Gasteiger partial charge < -0.3 is 18.9 Å². The van der Waals surface area contributed by atoms with Gasteiger partial charge in [0.05, 0.1) is 33.0 Å². The average Bonchev–Trinajstić information content (AvgIpc) is 2.99. The standard InChI is InChI=1S/C18H24O4/c1-19-14-18-11-10-17(22-18)5-3-4-12-21-13-15-6-8-16(20-2)9-7-15/h6-9,17-18H,4,10-14H2,1-2H3/t17-,18+/m1/s1. The van der Waals surface area contributed by atoms with Crippen LogP contribution in [0.2, 0.25) is 0 Å². The van der Waals surface area contributed by atoms with Crippen LogP contribution in [0.3, 0.4) is 0 Å². The first-order valence-electron chi connectivity index (χ1n) is 7.65. The van der Waals surface area contributed by atoms with Crippen LogP contribution in [0.15, 0.2) is 24.3 Å². The Bertz CT molecular complexity index is 486. The molecule has 4 nitrogen and oxygen atoms in total. The lowest BCUT2D eigenvalue weighted by molar-refractivity contribution is 0.0179. The molecule has 2 rings (SSSR count). The minimum atomic E-state index is 0.0572. The largest absolute Gasteiger partial charge is 0.497 e. The molecule has 1 saturated heterocycles. The van der Waals surface area contributed by atoms with Gasteiger partial charge in [-0.15, -0.1) is 0 Å². The summed E-state index contributed by atoms with van der Waals surface area (Å²) in [5, 5.41) is 0. The molecule has 0 spiro atoms. The lowest BCUT2D eigenvalue weighted by atomic mass is 10.2. The summed E-state index contributed by atoms with van der Waals surface area (Å²) in [6, 6.07) is 7.89. The number of ether oxygens (including phenoxy) is 4. The first-order valence-corrected chi connectivity index (χ1v) is 7.65. The van der Waals surface area contributed by atoms with E-state index in [-0.39, 0.29) is 12.2 Å². The molecular weight excluding hydrogens is 280 g/mol. The van der Waals surface area contributed by atoms with E-state index in [9.17, 15) is 0 Å². The number of rotatable bonds is 7. The highest BCUT2D eigenvalue weighted by atomic mass is 16.5. The molecule has 0 saturated carbocycles. The summed E-state index contributed by atoms with van der Waals surface area (Å²) >= 11 is 0. The van der Waals surface area contributed by atoms with Gasteiger partial charge in [-0.25, -0.2) is 0 Å². The van der Waals surface area contributed by atoms with E-state index >= 15 is 0 Å². The maximum absolute atomic E-state index is 5.75. The zero-order valence-corrected chi connectivity index (χ0v) is 13.3. The molecule has 1 aliphatic heterocycles. The van der Waals surface area contributed by atoms with E-state index in [4.69, 9.17) is 18.9 Å². The summed E-state index contributed by atoms with van der Waals surface area (Å²) in [4.78, 5) is 0. The Morgan fingerprint density at radius 3 is 2.73 bits per heavy atom. The zero-order chi connectivity index (χ0) is 15.6. The molecular formula is C18H24O4. The fourth-order valence-electron chi connectivity index (χ4n) is 2.34. The molecule has 0 aliphatic carbocycles. The van der Waals surface area contributed by atoms with Crippen LogP contribution < -0.4 is 4.74 Å². The van der Waals surface area contributed by atoms with Gasteiger partial charge in [-0.1, -0.05) is 24.0 Å². The quantitative estimate of drug-likeness (QED) is 0.573. The fraction of sp³-hybridized carbons (Fsp3) is 0.556. The van der Waals surface area contributed by atoms with E-state index in [1.807, 2.05) is 24.3 Å². The summed E-state index contributed by atoms with van der Waals surface area (Å²) < 4.78 is 21.6. The van der Waals surface area contributed by atoms with E-state index in [0.717, 1.165) is 30.6 Å². The average molecular weight is 304 g/mol. The van der Waals surface area contributed by atoms with E-state index in [1.54, 1.807) is 14.2 Å². The SMILES string of the molecule is COC[C@@H]1CC[C@@H](C#CCCOCc2ccc(OC)cc2)O1. The van der Waals surface area contributed by atoms with Crippen molar-refractivity contribution in [3.8, 4) is 17.6 Å². The second kappa shape index (κ2) is 9.47. The molecule has 4 heteroatoms. The van der Waals surface area contributed by atoms with Crippen LogP contribution in [0.1, 0.15) is 24.8 Å². The molecule has 0 radical (unpaired) electrons. The molecule has 1 aliphatic rings. The van der Waals surface area contributed by atoms with Crippen LogP contribution in [0.25, 0.3) is 0 Å². The zero-order valence-electron chi connectivity index (χ0n) is 13.3. The summed E-state index contributed by atoms with van der Waals surface area (Å²) in [6.45, 7) is 1.89. The summed E-state index contributed by atoms with van der Waals surface area (Å²) in [6.07, 6.45) is 3.01. The Balaban J connectivity index is 1.58. The number of hydrogen-bond acceptors (Lipinski definition) is 4. The van der Waals surface area contributed by atoms with Crippen molar-refractivity contribution < 1.29 is 18.9 Å². The maximum Gasteiger partial charge on any atom is 0.118 e. The Hall–Kier alpha value is -1.54. The third-order valence-corrected chi connectivity index (χ3v) is 3.52. The Morgan fingerprint density at radius 1 is 1.18 bits per heavy atom. The highest BCUT2D eigenvalue weighted by Crippen LogP contribution is 2.19. The minimum Gasteiger partial charge on any atom is -0.497 e. The Morgan fingerprint density at radius 2 is 2.00 bits per heavy atom. The van der Waals surface area contributed by atoms with Crippen molar-refractivity contribution in [1.82, 2.24) is 0 Å². The van der Waals surface area contributed by atoms with Crippen LogP contribution in [-0.2, 0) is 20.8 Å². The van der Waals surface area contributed by atoms with Gasteiger partial charge in [-0.05, 0) is 30.5 Å². The van der Waals surface area contributed by atoms with Gasteiger partial charge in [0.15, 0.2) is 0 Å². The highest BCUT2D eigenvalue weighted by molar-refractivity contribution is 5.26. The molecule has 1 aromatic rings. The first-order chi connectivity index (χ1) is 10.8. The maximum atomic E-state index is 5.75. The Kier molecular flexibility index (Phi) is 7.24. The molecule has 1 heterocycles. The number of hydrogen-bond donors (Lipinski definition) is 0. The number of methoxy groups -OCH3 is 2. The molecule has 22 heavy (non-hydrogen) atoms. The molecule has 120 valence electrons. The van der Waals surface area contributed by atoms with Crippen molar-refractivity contribution in [3.05, 3.63) is 29.8 Å². The first kappa shape index (κ1) is 16.8. The third kappa shape index (κ3) is 5.69. The van der Waals surface area contributed by atoms with Crippen molar-refractivity contribution in [2.24, 2.45) is 0 Å². The highest BCUT2D eigenvalue weighted by Gasteiger charge is 2.23. The monoisotopic (exact) mass is 304 g/mol. The van der Waals surface area contributed by atoms with Crippen molar-refractivity contribution in [2.75, 3.05) is 27.4 Å². The third-order valence-electron chi connectivity index (χ3n) is 3.52. The van der Waals surface area contributed by atoms with Crippen LogP contribution >= 0.6 is 0 Å². The minimum absolute atomic E-state index is 0.0572. The van der Waals surface area contributed by atoms with E-state index in [2.05, 4.69) is 11.8 Å². The van der Waals surface area contributed by atoms with Crippen molar-refractivity contribution >= 4 is 0 Å². The molecule has 0 bridgehead atoms. The van der Waals surface area contributed by atoms with E-state index < -0.39 is 0 Å². The van der Waals surface area contributed by atoms with Crippen molar-refractivity contribution in [3.63, 3.8) is 0 Å². The van der Waals surface area contributed by atoms with E-state index in [1.165, 1.54) is 0 Å². The van der Waals surface area contributed by atoms with Gasteiger partial charge in [0, 0.05) is 13.5 Å². The predicted octanol–water partition coefficient (Wildman–Crippen LogP) is 2.80. The van der Waals surface area contributed by atoms with E-state index in [0.29, 0.717) is 19.8 Å². The normalized spacial score (nSPS) is 20.5. The van der Waals surface area contributed by atoms with Gasteiger partial charge in [-0.3, -0.25) is 0 Å². The second-order valence-electron chi connectivity index (χ2n) is 5.25. The lowest BCUT2D eigenvalue weighted by Crippen LogP contribution is -2.14. The molecule has 1 fully saturated rings. The topological polar surface area (TPSA) is 36.9 Å². The van der Waals surface area contributed by atoms with Gasteiger partial charge in [-0.2, -0.15) is 0 Å². The van der Waals surface area contributed by atoms with Gasteiger partial charge in [0.1, 0.15) is 11.9 Å². The smallest absolute Gasteiger partial charge is 0.118 e. The van der Waals surface area contributed by atoms with Gasteiger partial charge in [0.25, 0.3) is 0 Å². The van der Waals surface area contributed by atoms with Crippen LogP contribution in [0.4, 0.5) is 0 Å². The van der Waals surface area contributed by atoms with Crippen LogP contribution in [0.5, 0.6) is 5.75 Å². The number of benzene rings is 1. The summed E-state index contributed by atoms with van der Waals surface area (Å²) in [7, 11) is 3.36. The molecule has 0 aromatic heterocycles. The second-order valence-corrected chi connectivity index (χ2v) is 5.25. The lowest BCUT2D eigenvalue weighted by Gasteiger charge is -2.08. The van der Waals surface area contributed by atoms with Crippen LogP contribution in [-0.4, -0.2) is 39.6 Å². The van der Waals surface area contributed by atoms with Gasteiger partial charge in [0.2, 0.25) is 0 Å². The predicted molar refractivity (Wildman–Crippen MR) is 84.8 cm³/mol. The Labute approximate surface area is 132 Å². The molecule has 0 amide bonds. The van der Waals surface area contributed by atoms with Gasteiger partial charge >= 0.3 is 0 Å². The molecule has 1 aromatic carbocycles. The molecule has 2 atom stereocenters. The fourth-order valence-corrected chi connectivity index (χ4v) is 2.34. The summed E-state index contributed by atoms with van der Waals surface area (Å²) in [5.74, 6) is 7.15. The van der Waals surface area contributed by atoms with Crippen molar-refractivity contribution in [2.45, 2.75) is 38.1 Å². The van der Waals surface area contributed by atoms with Crippen molar-refractivity contribution in [1.29, 1.82) is 0 Å². The molecule has 0 unspecified atom stereocenters. The molecule has 0 N–H and O–H groups in total.